The summed E-state index contributed by atoms with van der Waals surface area (Å²) in [5.41, 5.74) is 5.35. The predicted octanol–water partition coefficient (Wildman–Crippen LogP) is -0.895. The molecule has 3 atom stereocenters. The van der Waals surface area contributed by atoms with Gasteiger partial charge in [0.25, 0.3) is 5.56 Å². The Morgan fingerprint density at radius 3 is 2.95 bits per heavy atom. The Labute approximate surface area is 120 Å². The number of hydrogen-bond donors (Lipinski definition) is 4. The molecule has 1 fully saturated rings. The largest absolute Gasteiger partial charge is 0.394 e. The summed E-state index contributed by atoms with van der Waals surface area (Å²) in [5.74, 6) is -0.0534. The van der Waals surface area contributed by atoms with Gasteiger partial charge in [0, 0.05) is 6.42 Å². The van der Waals surface area contributed by atoms with Crippen molar-refractivity contribution in [3.63, 3.8) is 0 Å². The first-order valence-corrected chi connectivity index (χ1v) is 6.68. The van der Waals surface area contributed by atoms with Crippen LogP contribution in [0.4, 0.5) is 5.95 Å². The van der Waals surface area contributed by atoms with Crippen molar-refractivity contribution >= 4 is 33.0 Å². The van der Waals surface area contributed by atoms with Crippen molar-refractivity contribution in [2.24, 2.45) is 0 Å². The number of ether oxygens (including phenoxy) is 1. The Bertz CT molecular complexity index is 713. The second kappa shape index (κ2) is 4.81. The lowest BCUT2D eigenvalue weighted by Gasteiger charge is -2.17. The number of imidazole rings is 1. The van der Waals surface area contributed by atoms with Crippen LogP contribution in [0.25, 0.3) is 11.2 Å². The molecule has 0 spiro atoms. The minimum atomic E-state index is -0.844. The molecule has 9 nitrogen and oxygen atoms in total. The molecule has 5 N–H and O–H groups in total. The molecule has 0 aliphatic carbocycles. The van der Waals surface area contributed by atoms with E-state index in [4.69, 9.17) is 15.6 Å². The number of nitrogens with zero attached hydrogens (tertiary/aromatic N) is 3. The normalized spacial score (nSPS) is 26.4. The molecule has 10 heteroatoms. The quantitative estimate of drug-likeness (QED) is 0.517. The highest BCUT2D eigenvalue weighted by atomic mass is 79.9. The molecular weight excluding hydrogens is 334 g/mol. The van der Waals surface area contributed by atoms with Crippen LogP contribution in [0.2, 0.25) is 0 Å². The molecule has 0 bridgehead atoms. The first-order chi connectivity index (χ1) is 9.51. The van der Waals surface area contributed by atoms with Gasteiger partial charge < -0.3 is 20.7 Å². The van der Waals surface area contributed by atoms with Crippen LogP contribution in [0.5, 0.6) is 0 Å². The number of fused-ring (bicyclic) bond motifs is 1. The number of H-pyrrole nitrogens is 1. The summed E-state index contributed by atoms with van der Waals surface area (Å²) in [7, 11) is 0. The van der Waals surface area contributed by atoms with Crippen molar-refractivity contribution in [2.75, 3.05) is 12.3 Å². The van der Waals surface area contributed by atoms with Crippen LogP contribution in [0.15, 0.2) is 9.53 Å². The van der Waals surface area contributed by atoms with Crippen molar-refractivity contribution in [2.45, 2.75) is 24.9 Å². The fourth-order valence-electron chi connectivity index (χ4n) is 2.28. The van der Waals surface area contributed by atoms with Crippen LogP contribution >= 0.6 is 15.9 Å². The summed E-state index contributed by atoms with van der Waals surface area (Å²) in [6.07, 6.45) is -1.83. The maximum absolute atomic E-state index is 11.8. The topological polar surface area (TPSA) is 139 Å². The number of rotatable bonds is 2. The summed E-state index contributed by atoms with van der Waals surface area (Å²) >= 11 is 3.21. The first kappa shape index (κ1) is 13.5. The third-order valence-electron chi connectivity index (χ3n) is 3.15. The number of halogens is 1. The average molecular weight is 346 g/mol. The zero-order valence-corrected chi connectivity index (χ0v) is 11.7. The zero-order valence-electron chi connectivity index (χ0n) is 10.2. The highest BCUT2D eigenvalue weighted by Gasteiger charge is 2.37. The number of aromatic amines is 1. The average Bonchev–Trinajstić information content (AvgIpc) is 2.89. The van der Waals surface area contributed by atoms with Gasteiger partial charge in [-0.1, -0.05) is 0 Å². The molecule has 3 rings (SSSR count). The van der Waals surface area contributed by atoms with Crippen LogP contribution in [-0.2, 0) is 4.74 Å². The molecule has 108 valence electrons. The van der Waals surface area contributed by atoms with Crippen LogP contribution in [0.1, 0.15) is 12.6 Å². The highest BCUT2D eigenvalue weighted by Crippen LogP contribution is 2.33. The minimum absolute atomic E-state index is 0.0534. The van der Waals surface area contributed by atoms with E-state index in [9.17, 15) is 9.90 Å². The number of nitrogens with two attached hydrogens (primary N) is 1. The third kappa shape index (κ3) is 2.00. The third-order valence-corrected chi connectivity index (χ3v) is 3.71. The monoisotopic (exact) mass is 345 g/mol. The first-order valence-electron chi connectivity index (χ1n) is 5.89. The molecule has 3 heterocycles. The molecule has 20 heavy (non-hydrogen) atoms. The van der Waals surface area contributed by atoms with Gasteiger partial charge in [0.1, 0.15) is 6.10 Å². The molecule has 1 aliphatic rings. The van der Waals surface area contributed by atoms with Gasteiger partial charge in [-0.2, -0.15) is 4.98 Å². The number of aliphatic hydroxyl groups excluding tert-OH is 2. The van der Waals surface area contributed by atoms with Crippen molar-refractivity contribution in [1.29, 1.82) is 0 Å². The van der Waals surface area contributed by atoms with Gasteiger partial charge in [-0.15, -0.1) is 0 Å². The van der Waals surface area contributed by atoms with Gasteiger partial charge in [-0.25, -0.2) is 4.98 Å². The summed E-state index contributed by atoms with van der Waals surface area (Å²) in [4.78, 5) is 22.2. The summed E-state index contributed by atoms with van der Waals surface area (Å²) < 4.78 is 7.27. The maximum Gasteiger partial charge on any atom is 0.280 e. The van der Waals surface area contributed by atoms with Crippen LogP contribution in [0.3, 0.4) is 0 Å². The summed E-state index contributed by atoms with van der Waals surface area (Å²) in [6.45, 7) is -0.200. The summed E-state index contributed by atoms with van der Waals surface area (Å²) in [6, 6.07) is 0. The maximum atomic E-state index is 11.8. The zero-order chi connectivity index (χ0) is 14.4. The van der Waals surface area contributed by atoms with Crippen molar-refractivity contribution < 1.29 is 14.9 Å². The Morgan fingerprint density at radius 2 is 2.30 bits per heavy atom. The molecule has 2 aromatic heterocycles. The van der Waals surface area contributed by atoms with E-state index in [1.165, 1.54) is 4.57 Å². The van der Waals surface area contributed by atoms with E-state index >= 15 is 0 Å². The SMILES string of the molecule is Nc1nc2c(nc(Br)n2C2OC(CO)CC2O)c(=O)[nH]1. The molecule has 0 aromatic carbocycles. The number of nitrogen functional groups attached to an aromatic ring is 1. The lowest BCUT2D eigenvalue weighted by molar-refractivity contribution is -0.0498. The van der Waals surface area contributed by atoms with Crippen LogP contribution < -0.4 is 11.3 Å². The Kier molecular flexibility index (Phi) is 3.24. The lowest BCUT2D eigenvalue weighted by atomic mass is 10.2. The van der Waals surface area contributed by atoms with E-state index in [2.05, 4.69) is 30.9 Å². The van der Waals surface area contributed by atoms with Gasteiger partial charge in [-0.3, -0.25) is 14.3 Å². The van der Waals surface area contributed by atoms with Crippen molar-refractivity contribution in [3.8, 4) is 0 Å². The van der Waals surface area contributed by atoms with Crippen molar-refractivity contribution in [3.05, 3.63) is 15.1 Å². The molecule has 1 saturated heterocycles. The van der Waals surface area contributed by atoms with E-state index < -0.39 is 24.0 Å². The van der Waals surface area contributed by atoms with E-state index in [1.54, 1.807) is 0 Å². The molecule has 0 saturated carbocycles. The van der Waals surface area contributed by atoms with Gasteiger partial charge >= 0.3 is 0 Å². The van der Waals surface area contributed by atoms with E-state index in [1.807, 2.05) is 0 Å². The standard InChI is InChI=1S/C10H12BrN5O4/c11-9-13-5-6(14-10(12)15-7(5)19)16(9)8-4(18)1-3(2-17)20-8/h3-4,8,17-18H,1-2H2,(H3,12,14,15,19). The molecule has 3 unspecified atom stereocenters. The lowest BCUT2D eigenvalue weighted by Crippen LogP contribution is -2.21. The number of aromatic nitrogens is 4. The molecule has 1 aliphatic heterocycles. The number of nitrogens with one attached hydrogen (secondary N) is 1. The van der Waals surface area contributed by atoms with Gasteiger partial charge in [0.15, 0.2) is 22.1 Å². The van der Waals surface area contributed by atoms with Crippen LogP contribution in [0, 0.1) is 0 Å². The fourth-order valence-corrected chi connectivity index (χ4v) is 2.83. The minimum Gasteiger partial charge on any atom is -0.394 e. The van der Waals surface area contributed by atoms with E-state index in [-0.39, 0.29) is 30.1 Å². The van der Waals surface area contributed by atoms with Crippen LogP contribution in [-0.4, -0.2) is 48.5 Å². The number of aliphatic hydroxyl groups is 2. The predicted molar refractivity (Wildman–Crippen MR) is 71.9 cm³/mol. The molecule has 0 amide bonds. The number of hydrogen-bond acceptors (Lipinski definition) is 7. The molecular formula is C10H12BrN5O4. The number of anilines is 1. The second-order valence-electron chi connectivity index (χ2n) is 4.51. The summed E-state index contributed by atoms with van der Waals surface area (Å²) in [5, 5.41) is 19.1. The van der Waals surface area contributed by atoms with E-state index in [0.29, 0.717) is 4.73 Å². The fraction of sp³-hybridized carbons (Fsp3) is 0.500. The molecule has 2 aromatic rings. The van der Waals surface area contributed by atoms with Gasteiger partial charge in [-0.05, 0) is 15.9 Å². The van der Waals surface area contributed by atoms with Gasteiger partial charge in [0.05, 0.1) is 12.7 Å². The second-order valence-corrected chi connectivity index (χ2v) is 5.22. The van der Waals surface area contributed by atoms with E-state index in [0.717, 1.165) is 0 Å². The Hall–Kier alpha value is -1.49. The smallest absolute Gasteiger partial charge is 0.280 e. The Morgan fingerprint density at radius 1 is 1.55 bits per heavy atom. The molecule has 0 radical (unpaired) electrons. The van der Waals surface area contributed by atoms with Crippen molar-refractivity contribution in [1.82, 2.24) is 19.5 Å². The Balaban J connectivity index is 2.16. The van der Waals surface area contributed by atoms with Gasteiger partial charge in [0.2, 0.25) is 5.95 Å². The highest BCUT2D eigenvalue weighted by molar-refractivity contribution is 9.10.